The van der Waals surface area contributed by atoms with E-state index in [1.165, 1.54) is 23.5 Å². The molecule has 2 aromatic carbocycles. The second-order valence-corrected chi connectivity index (χ2v) is 5.81. The van der Waals surface area contributed by atoms with Gasteiger partial charge in [-0.25, -0.2) is 9.37 Å². The molecule has 3 nitrogen and oxygen atoms in total. The number of carboxylic acid groups (broad SMARTS) is 1. The fourth-order valence-electron chi connectivity index (χ4n) is 2.22. The van der Waals surface area contributed by atoms with Crippen molar-refractivity contribution < 1.29 is 14.3 Å². The SMILES string of the molecule is O=C(O)C(Cc1cccc(F)c1)c1nc2ccccc2s1. The second kappa shape index (κ2) is 5.61. The van der Waals surface area contributed by atoms with Crippen molar-refractivity contribution in [3.63, 3.8) is 0 Å². The summed E-state index contributed by atoms with van der Waals surface area (Å²) in [6, 6.07) is 13.6. The zero-order chi connectivity index (χ0) is 14.8. The predicted octanol–water partition coefficient (Wildman–Crippen LogP) is 3.85. The van der Waals surface area contributed by atoms with Crippen molar-refractivity contribution in [2.24, 2.45) is 0 Å². The van der Waals surface area contributed by atoms with Gasteiger partial charge in [0.1, 0.15) is 16.7 Å². The Morgan fingerprint density at radius 3 is 2.76 bits per heavy atom. The van der Waals surface area contributed by atoms with Crippen LogP contribution in [-0.4, -0.2) is 16.1 Å². The number of hydrogen-bond donors (Lipinski definition) is 1. The number of para-hydroxylation sites is 1. The van der Waals surface area contributed by atoms with Gasteiger partial charge in [-0.2, -0.15) is 0 Å². The first-order valence-corrected chi connectivity index (χ1v) is 7.28. The molecule has 0 amide bonds. The number of benzene rings is 2. The summed E-state index contributed by atoms with van der Waals surface area (Å²) in [5.41, 5.74) is 1.45. The van der Waals surface area contributed by atoms with Gasteiger partial charge in [0.25, 0.3) is 0 Å². The molecule has 0 saturated heterocycles. The van der Waals surface area contributed by atoms with E-state index in [9.17, 15) is 14.3 Å². The summed E-state index contributed by atoms with van der Waals surface area (Å²) in [5, 5.41) is 10.0. The Balaban J connectivity index is 1.96. The van der Waals surface area contributed by atoms with Gasteiger partial charge in [0, 0.05) is 0 Å². The van der Waals surface area contributed by atoms with Gasteiger partial charge in [-0.15, -0.1) is 11.3 Å². The third-order valence-electron chi connectivity index (χ3n) is 3.24. The number of aliphatic carboxylic acids is 1. The molecule has 1 unspecified atom stereocenters. The number of carbonyl (C=O) groups is 1. The van der Waals surface area contributed by atoms with E-state index in [1.54, 1.807) is 12.1 Å². The van der Waals surface area contributed by atoms with Gasteiger partial charge >= 0.3 is 5.97 Å². The molecule has 0 aliphatic heterocycles. The molecule has 0 radical (unpaired) electrons. The van der Waals surface area contributed by atoms with Crippen LogP contribution in [0.2, 0.25) is 0 Å². The molecule has 3 rings (SSSR count). The van der Waals surface area contributed by atoms with Crippen LogP contribution in [-0.2, 0) is 11.2 Å². The number of aromatic nitrogens is 1. The van der Waals surface area contributed by atoms with Gasteiger partial charge in [-0.3, -0.25) is 4.79 Å². The number of halogens is 1. The van der Waals surface area contributed by atoms with E-state index in [2.05, 4.69) is 4.98 Å². The van der Waals surface area contributed by atoms with E-state index >= 15 is 0 Å². The molecule has 0 saturated carbocycles. The van der Waals surface area contributed by atoms with E-state index in [-0.39, 0.29) is 12.2 Å². The van der Waals surface area contributed by atoms with Crippen molar-refractivity contribution in [1.29, 1.82) is 0 Å². The minimum absolute atomic E-state index is 0.229. The third-order valence-corrected chi connectivity index (χ3v) is 4.39. The first-order valence-electron chi connectivity index (χ1n) is 6.46. The lowest BCUT2D eigenvalue weighted by Gasteiger charge is -2.09. The Morgan fingerprint density at radius 1 is 1.24 bits per heavy atom. The quantitative estimate of drug-likeness (QED) is 0.796. The van der Waals surface area contributed by atoms with Crippen LogP contribution in [0, 0.1) is 5.82 Å². The van der Waals surface area contributed by atoms with Crippen LogP contribution in [0.3, 0.4) is 0 Å². The number of fused-ring (bicyclic) bond motifs is 1. The van der Waals surface area contributed by atoms with Crippen LogP contribution in [0.5, 0.6) is 0 Å². The molecular formula is C16H12FNO2S. The molecule has 3 aromatic rings. The fourth-order valence-corrected chi connectivity index (χ4v) is 3.28. The van der Waals surface area contributed by atoms with Gasteiger partial charge in [-0.1, -0.05) is 24.3 Å². The summed E-state index contributed by atoms with van der Waals surface area (Å²) < 4.78 is 14.2. The molecule has 21 heavy (non-hydrogen) atoms. The normalized spacial score (nSPS) is 12.4. The predicted molar refractivity (Wildman–Crippen MR) is 80.1 cm³/mol. The van der Waals surface area contributed by atoms with Crippen molar-refractivity contribution in [1.82, 2.24) is 4.98 Å². The molecule has 106 valence electrons. The summed E-state index contributed by atoms with van der Waals surface area (Å²) in [5.74, 6) is -2.07. The van der Waals surface area contributed by atoms with Crippen molar-refractivity contribution in [3.8, 4) is 0 Å². The Labute approximate surface area is 124 Å². The average Bonchev–Trinajstić information content (AvgIpc) is 2.88. The van der Waals surface area contributed by atoms with Crippen molar-refractivity contribution >= 4 is 27.5 Å². The highest BCUT2D eigenvalue weighted by atomic mass is 32.1. The van der Waals surface area contributed by atoms with Crippen molar-refractivity contribution in [2.75, 3.05) is 0 Å². The highest BCUT2D eigenvalue weighted by Crippen LogP contribution is 2.30. The van der Waals surface area contributed by atoms with E-state index < -0.39 is 11.9 Å². The molecule has 1 N–H and O–H groups in total. The van der Waals surface area contributed by atoms with E-state index in [1.807, 2.05) is 24.3 Å². The first-order chi connectivity index (χ1) is 10.1. The van der Waals surface area contributed by atoms with E-state index in [0.717, 1.165) is 10.2 Å². The van der Waals surface area contributed by atoms with Gasteiger partial charge in [0.15, 0.2) is 0 Å². The molecular weight excluding hydrogens is 289 g/mol. The lowest BCUT2D eigenvalue weighted by atomic mass is 10.00. The summed E-state index contributed by atoms with van der Waals surface area (Å²) in [7, 11) is 0. The summed E-state index contributed by atoms with van der Waals surface area (Å²) >= 11 is 1.37. The minimum Gasteiger partial charge on any atom is -0.481 e. The molecule has 1 atom stereocenters. The number of thiazole rings is 1. The second-order valence-electron chi connectivity index (χ2n) is 4.74. The lowest BCUT2D eigenvalue weighted by molar-refractivity contribution is -0.138. The number of carboxylic acids is 1. The highest BCUT2D eigenvalue weighted by molar-refractivity contribution is 7.18. The van der Waals surface area contributed by atoms with Crippen molar-refractivity contribution in [3.05, 3.63) is 64.9 Å². The fraction of sp³-hybridized carbons (Fsp3) is 0.125. The third kappa shape index (κ3) is 2.92. The molecule has 0 spiro atoms. The number of hydrogen-bond acceptors (Lipinski definition) is 3. The summed E-state index contributed by atoms with van der Waals surface area (Å²) in [6.07, 6.45) is 0.229. The Bertz CT molecular complexity index is 767. The molecule has 1 aromatic heterocycles. The van der Waals surface area contributed by atoms with Gasteiger partial charge in [0.2, 0.25) is 0 Å². The van der Waals surface area contributed by atoms with Gasteiger partial charge < -0.3 is 5.11 Å². The van der Waals surface area contributed by atoms with Crippen LogP contribution >= 0.6 is 11.3 Å². The van der Waals surface area contributed by atoms with Crippen LogP contribution < -0.4 is 0 Å². The Kier molecular flexibility index (Phi) is 3.66. The molecule has 0 fully saturated rings. The Morgan fingerprint density at radius 2 is 2.05 bits per heavy atom. The average molecular weight is 301 g/mol. The van der Waals surface area contributed by atoms with Gasteiger partial charge in [0.05, 0.1) is 10.2 Å². The summed E-state index contributed by atoms with van der Waals surface area (Å²) in [4.78, 5) is 15.9. The van der Waals surface area contributed by atoms with Crippen LogP contribution in [0.15, 0.2) is 48.5 Å². The molecule has 0 bridgehead atoms. The van der Waals surface area contributed by atoms with E-state index in [4.69, 9.17) is 0 Å². The molecule has 5 heteroatoms. The largest absolute Gasteiger partial charge is 0.481 e. The summed E-state index contributed by atoms with van der Waals surface area (Å²) in [6.45, 7) is 0. The standard InChI is InChI=1S/C16H12FNO2S/c17-11-5-3-4-10(8-11)9-12(16(19)20)15-18-13-6-1-2-7-14(13)21-15/h1-8,12H,9H2,(H,19,20). The maximum Gasteiger partial charge on any atom is 0.313 e. The first kappa shape index (κ1) is 13.7. The molecule has 1 heterocycles. The smallest absolute Gasteiger partial charge is 0.313 e. The molecule has 0 aliphatic carbocycles. The maximum atomic E-state index is 13.2. The van der Waals surface area contributed by atoms with Crippen LogP contribution in [0.1, 0.15) is 16.5 Å². The van der Waals surface area contributed by atoms with Gasteiger partial charge in [-0.05, 0) is 36.2 Å². The van der Waals surface area contributed by atoms with E-state index in [0.29, 0.717) is 10.6 Å². The minimum atomic E-state index is -0.946. The van der Waals surface area contributed by atoms with Crippen LogP contribution in [0.25, 0.3) is 10.2 Å². The molecule has 0 aliphatic rings. The highest BCUT2D eigenvalue weighted by Gasteiger charge is 2.24. The Hall–Kier alpha value is -2.27. The maximum absolute atomic E-state index is 13.2. The zero-order valence-corrected chi connectivity index (χ0v) is 11.8. The van der Waals surface area contributed by atoms with Crippen molar-refractivity contribution in [2.45, 2.75) is 12.3 Å². The monoisotopic (exact) mass is 301 g/mol. The topological polar surface area (TPSA) is 50.2 Å². The number of rotatable bonds is 4. The number of nitrogens with zero attached hydrogens (tertiary/aromatic N) is 1. The van der Waals surface area contributed by atoms with Crippen LogP contribution in [0.4, 0.5) is 4.39 Å². The zero-order valence-electron chi connectivity index (χ0n) is 11.0. The lowest BCUT2D eigenvalue weighted by Crippen LogP contribution is -2.14.